The van der Waals surface area contributed by atoms with Gasteiger partial charge in [0.1, 0.15) is 17.3 Å². The summed E-state index contributed by atoms with van der Waals surface area (Å²) < 4.78 is 16.1. The Morgan fingerprint density at radius 3 is 2.51 bits per heavy atom. The highest BCUT2D eigenvalue weighted by Gasteiger charge is 2.34. The number of amides is 1. The molecule has 7 nitrogen and oxygen atoms in total. The second-order valence-electron chi connectivity index (χ2n) is 8.45. The van der Waals surface area contributed by atoms with Crippen LogP contribution in [0.1, 0.15) is 12.2 Å². The molecule has 2 aromatic carbocycles. The van der Waals surface area contributed by atoms with Crippen molar-refractivity contribution in [3.63, 3.8) is 0 Å². The molecule has 1 aliphatic heterocycles. The molecule has 1 amide bonds. The quantitative estimate of drug-likeness (QED) is 0.383. The number of carbonyl (C=O) groups excluding carboxylic acids is 1. The van der Waals surface area contributed by atoms with Gasteiger partial charge in [0.25, 0.3) is 0 Å². The molecule has 1 aliphatic rings. The van der Waals surface area contributed by atoms with E-state index in [0.29, 0.717) is 46.7 Å². The second-order valence-corrected chi connectivity index (χ2v) is 9.21. The topological polar surface area (TPSA) is 73.8 Å². The third-order valence-electron chi connectivity index (χ3n) is 6.28. The van der Waals surface area contributed by atoms with Crippen LogP contribution < -0.4 is 9.47 Å². The van der Waals surface area contributed by atoms with Crippen LogP contribution in [0.3, 0.4) is 0 Å². The fourth-order valence-electron chi connectivity index (χ4n) is 4.62. The number of halogens is 2. The summed E-state index contributed by atoms with van der Waals surface area (Å²) in [6.45, 7) is 4.75. The van der Waals surface area contributed by atoms with Gasteiger partial charge in [0.2, 0.25) is 5.91 Å². The maximum absolute atomic E-state index is 12.2. The predicted molar refractivity (Wildman–Crippen MR) is 137 cm³/mol. The largest absolute Gasteiger partial charge is 0.495 e. The smallest absolute Gasteiger partial charge is 0.246 e. The molecule has 0 N–H and O–H groups in total. The highest BCUT2D eigenvalue weighted by Crippen LogP contribution is 2.46. The first kappa shape index (κ1) is 25.2. The minimum absolute atomic E-state index is 0.0351. The Hall–Kier alpha value is -2.87. The van der Waals surface area contributed by atoms with E-state index in [1.807, 2.05) is 23.1 Å². The highest BCUT2D eigenvalue weighted by atomic mass is 35.5. The minimum Gasteiger partial charge on any atom is -0.495 e. The van der Waals surface area contributed by atoms with Crippen molar-refractivity contribution in [1.82, 2.24) is 14.9 Å². The molecule has 4 rings (SSSR count). The number of aromatic nitrogens is 2. The molecule has 184 valence electrons. The number of fused-ring (bicyclic) bond motifs is 1. The Bertz CT molecular complexity index is 1240. The molecule has 2 heterocycles. The summed E-state index contributed by atoms with van der Waals surface area (Å²) in [6.07, 6.45) is 4.66. The number of ether oxygens (including phenoxy) is 3. The lowest BCUT2D eigenvalue weighted by atomic mass is 10.0. The van der Waals surface area contributed by atoms with E-state index in [1.54, 1.807) is 33.6 Å². The zero-order valence-electron chi connectivity index (χ0n) is 19.9. The molecule has 0 spiro atoms. The Morgan fingerprint density at radius 1 is 1.17 bits per heavy atom. The molecule has 2 atom stereocenters. The minimum atomic E-state index is -0.0759. The average Bonchev–Trinajstić information content (AvgIpc) is 3.26. The molecule has 3 aromatic rings. The summed E-state index contributed by atoms with van der Waals surface area (Å²) in [6, 6.07) is 7.48. The van der Waals surface area contributed by atoms with Gasteiger partial charge in [-0.25, -0.2) is 9.97 Å². The van der Waals surface area contributed by atoms with Gasteiger partial charge in [0, 0.05) is 43.3 Å². The van der Waals surface area contributed by atoms with Gasteiger partial charge >= 0.3 is 0 Å². The molecule has 35 heavy (non-hydrogen) atoms. The van der Waals surface area contributed by atoms with Gasteiger partial charge in [-0.2, -0.15) is 0 Å². The zero-order chi connectivity index (χ0) is 25.1. The SMILES string of the molecule is C=CC(=O)N1C[C@@H](Cc2ncc3cc(-c4c(Cl)c(OC)cc(OC)c4Cl)ccc3n2)C[C@H]1COC. The predicted octanol–water partition coefficient (Wildman–Crippen LogP) is 5.21. The van der Waals surface area contributed by atoms with Gasteiger partial charge in [-0.1, -0.05) is 35.8 Å². The van der Waals surface area contributed by atoms with Crippen molar-refractivity contribution in [2.75, 3.05) is 34.5 Å². The monoisotopic (exact) mass is 515 g/mol. The van der Waals surface area contributed by atoms with Crippen LogP contribution in [0, 0.1) is 5.92 Å². The number of hydrogen-bond acceptors (Lipinski definition) is 6. The van der Waals surface area contributed by atoms with Gasteiger partial charge in [-0.05, 0) is 36.1 Å². The van der Waals surface area contributed by atoms with Gasteiger partial charge in [0.05, 0.1) is 42.4 Å². The van der Waals surface area contributed by atoms with Gasteiger partial charge in [-0.15, -0.1) is 0 Å². The van der Waals surface area contributed by atoms with Crippen LogP contribution in [0.4, 0.5) is 0 Å². The molecule has 0 radical (unpaired) electrons. The fourth-order valence-corrected chi connectivity index (χ4v) is 5.34. The normalized spacial score (nSPS) is 17.6. The van der Waals surface area contributed by atoms with Crippen LogP contribution in [0.15, 0.2) is 43.1 Å². The number of likely N-dealkylation sites (tertiary alicyclic amines) is 1. The fraction of sp³-hybridized carbons (Fsp3) is 0.346. The molecular weight excluding hydrogens is 489 g/mol. The van der Waals surface area contributed by atoms with Crippen molar-refractivity contribution in [2.45, 2.75) is 18.9 Å². The lowest BCUT2D eigenvalue weighted by molar-refractivity contribution is -0.127. The number of hydrogen-bond donors (Lipinski definition) is 0. The second kappa shape index (κ2) is 10.8. The van der Waals surface area contributed by atoms with Crippen molar-refractivity contribution in [3.05, 3.63) is 59.0 Å². The third-order valence-corrected chi connectivity index (χ3v) is 7.03. The summed E-state index contributed by atoms with van der Waals surface area (Å²) in [5.74, 6) is 1.85. The molecule has 0 saturated carbocycles. The number of nitrogens with zero attached hydrogens (tertiary/aromatic N) is 3. The molecule has 9 heteroatoms. The van der Waals surface area contributed by atoms with Crippen LogP contribution >= 0.6 is 23.2 Å². The van der Waals surface area contributed by atoms with Crippen molar-refractivity contribution in [3.8, 4) is 22.6 Å². The van der Waals surface area contributed by atoms with Crippen LogP contribution in [0.25, 0.3) is 22.0 Å². The maximum atomic E-state index is 12.2. The summed E-state index contributed by atoms with van der Waals surface area (Å²) in [4.78, 5) is 23.4. The van der Waals surface area contributed by atoms with Gasteiger partial charge in [0.15, 0.2) is 0 Å². The van der Waals surface area contributed by atoms with Gasteiger partial charge in [-0.3, -0.25) is 4.79 Å². The van der Waals surface area contributed by atoms with Crippen LogP contribution in [-0.2, 0) is 16.0 Å². The first-order valence-electron chi connectivity index (χ1n) is 11.2. The van der Waals surface area contributed by atoms with E-state index in [9.17, 15) is 4.79 Å². The first-order valence-corrected chi connectivity index (χ1v) is 11.9. The molecule has 0 bridgehead atoms. The summed E-state index contributed by atoms with van der Waals surface area (Å²) in [5, 5.41) is 1.66. The standard InChI is InChI=1S/C26H27Cl2N3O4/c1-5-23(32)31-13-15(8-18(31)14-33-2)9-22-29-12-17-10-16(6-7-19(17)30-22)24-25(27)20(34-3)11-21(35-4)26(24)28/h5-7,10-12,15,18H,1,8-9,13-14H2,2-4H3/t15-,18+/m1/s1. The molecular formula is C26H27Cl2N3O4. The first-order chi connectivity index (χ1) is 16.9. The Kier molecular flexibility index (Phi) is 7.79. The number of methoxy groups -OCH3 is 3. The number of rotatable bonds is 8. The lowest BCUT2D eigenvalue weighted by Gasteiger charge is -2.22. The molecule has 0 aliphatic carbocycles. The Balaban J connectivity index is 1.60. The van der Waals surface area contributed by atoms with E-state index in [4.69, 9.17) is 42.4 Å². The number of carbonyl (C=O) groups is 1. The van der Waals surface area contributed by atoms with Crippen molar-refractivity contribution < 1.29 is 19.0 Å². The van der Waals surface area contributed by atoms with Crippen molar-refractivity contribution in [2.24, 2.45) is 5.92 Å². The van der Waals surface area contributed by atoms with Crippen molar-refractivity contribution in [1.29, 1.82) is 0 Å². The number of benzene rings is 2. The van der Waals surface area contributed by atoms with Crippen LogP contribution in [-0.4, -0.2) is 61.3 Å². The van der Waals surface area contributed by atoms with E-state index in [2.05, 4.69) is 11.6 Å². The van der Waals surface area contributed by atoms with E-state index < -0.39 is 0 Å². The zero-order valence-corrected chi connectivity index (χ0v) is 21.4. The molecule has 1 fully saturated rings. The van der Waals surface area contributed by atoms with E-state index in [0.717, 1.165) is 28.7 Å². The molecule has 1 saturated heterocycles. The molecule has 0 unspecified atom stereocenters. The maximum Gasteiger partial charge on any atom is 0.246 e. The molecule has 1 aromatic heterocycles. The van der Waals surface area contributed by atoms with E-state index in [1.165, 1.54) is 6.08 Å². The summed E-state index contributed by atoms with van der Waals surface area (Å²) in [7, 11) is 4.73. The van der Waals surface area contributed by atoms with E-state index in [-0.39, 0.29) is 17.9 Å². The van der Waals surface area contributed by atoms with Crippen molar-refractivity contribution >= 4 is 40.0 Å². The van der Waals surface area contributed by atoms with Gasteiger partial charge < -0.3 is 19.1 Å². The van der Waals surface area contributed by atoms with Crippen LogP contribution in [0.2, 0.25) is 10.0 Å². The average molecular weight is 516 g/mol. The van der Waals surface area contributed by atoms with Crippen LogP contribution in [0.5, 0.6) is 11.5 Å². The summed E-state index contributed by atoms with van der Waals surface area (Å²) in [5.41, 5.74) is 2.24. The third kappa shape index (κ3) is 5.08. The summed E-state index contributed by atoms with van der Waals surface area (Å²) >= 11 is 13.2. The highest BCUT2D eigenvalue weighted by molar-refractivity contribution is 6.41. The lowest BCUT2D eigenvalue weighted by Crippen LogP contribution is -2.37. The van der Waals surface area contributed by atoms with E-state index >= 15 is 0 Å². The Labute approximate surface area is 214 Å². The Morgan fingerprint density at radius 2 is 1.89 bits per heavy atom.